The SMILES string of the molecule is NC(=O)N(c1ccc(S(N)(=O)=O)cc1Cl)c1cccc2c1C(=O)OC21c2ccc(O)cc2Oc2cc(O)ccc21. The van der Waals surface area contributed by atoms with E-state index in [2.05, 4.69) is 0 Å². The topological polar surface area (TPSA) is 182 Å². The van der Waals surface area contributed by atoms with Crippen molar-refractivity contribution in [3.8, 4) is 23.0 Å². The highest BCUT2D eigenvalue weighted by molar-refractivity contribution is 7.89. The fourth-order valence-corrected chi connectivity index (χ4v) is 6.00. The van der Waals surface area contributed by atoms with Crippen LogP contribution < -0.4 is 20.5 Å². The third-order valence-electron chi connectivity index (χ3n) is 6.73. The van der Waals surface area contributed by atoms with Crippen LogP contribution in [0.25, 0.3) is 0 Å². The number of hydrogen-bond donors (Lipinski definition) is 4. The minimum atomic E-state index is -4.09. The summed E-state index contributed by atoms with van der Waals surface area (Å²) in [6.07, 6.45) is 0. The quantitative estimate of drug-likeness (QED) is 0.260. The first-order valence-electron chi connectivity index (χ1n) is 11.6. The summed E-state index contributed by atoms with van der Waals surface area (Å²) < 4.78 is 35.6. The number of carbonyl (C=O) groups excluding carboxylic acids is 2. The third-order valence-corrected chi connectivity index (χ3v) is 7.94. The maximum absolute atomic E-state index is 13.7. The highest BCUT2D eigenvalue weighted by atomic mass is 35.5. The van der Waals surface area contributed by atoms with Gasteiger partial charge in [-0.25, -0.2) is 23.1 Å². The van der Waals surface area contributed by atoms with E-state index in [1.807, 2.05) is 0 Å². The van der Waals surface area contributed by atoms with E-state index in [1.165, 1.54) is 36.4 Å². The lowest BCUT2D eigenvalue weighted by Crippen LogP contribution is -2.33. The van der Waals surface area contributed by atoms with Gasteiger partial charge in [-0.1, -0.05) is 23.7 Å². The molecule has 0 fully saturated rings. The molecular formula is C27H18ClN3O8S. The lowest BCUT2D eigenvalue weighted by atomic mass is 9.77. The van der Waals surface area contributed by atoms with Crippen molar-refractivity contribution in [3.63, 3.8) is 0 Å². The van der Waals surface area contributed by atoms with Crippen molar-refractivity contribution in [1.29, 1.82) is 0 Å². The van der Waals surface area contributed by atoms with Gasteiger partial charge in [0.05, 0.1) is 26.9 Å². The van der Waals surface area contributed by atoms with Crippen molar-refractivity contribution in [3.05, 3.63) is 100 Å². The molecular weight excluding hydrogens is 562 g/mol. The van der Waals surface area contributed by atoms with Crippen LogP contribution in [0.5, 0.6) is 23.0 Å². The highest BCUT2D eigenvalue weighted by Crippen LogP contribution is 2.58. The smallest absolute Gasteiger partial charge is 0.342 e. The van der Waals surface area contributed by atoms with Crippen molar-refractivity contribution in [2.45, 2.75) is 10.5 Å². The molecule has 6 rings (SSSR count). The van der Waals surface area contributed by atoms with Crippen LogP contribution >= 0.6 is 11.6 Å². The van der Waals surface area contributed by atoms with Gasteiger partial charge in [0, 0.05) is 28.8 Å². The molecule has 1 spiro atoms. The normalized spacial score (nSPS) is 14.5. The van der Waals surface area contributed by atoms with E-state index in [1.54, 1.807) is 24.3 Å². The molecule has 0 radical (unpaired) electrons. The van der Waals surface area contributed by atoms with Crippen molar-refractivity contribution in [1.82, 2.24) is 0 Å². The maximum Gasteiger partial charge on any atom is 0.342 e. The molecule has 2 heterocycles. The molecule has 2 aliphatic heterocycles. The minimum absolute atomic E-state index is 0.00802. The number of hydrogen-bond acceptors (Lipinski definition) is 8. The number of carbonyl (C=O) groups is 2. The number of anilines is 2. The Bertz CT molecular complexity index is 1840. The molecule has 13 heteroatoms. The average molecular weight is 580 g/mol. The Hall–Kier alpha value is -4.78. The van der Waals surface area contributed by atoms with Gasteiger partial charge in [-0.2, -0.15) is 0 Å². The Morgan fingerprint density at radius 3 is 2.05 bits per heavy atom. The zero-order valence-corrected chi connectivity index (χ0v) is 21.7. The number of primary sulfonamides is 1. The van der Waals surface area contributed by atoms with Crippen LogP contribution in [0.4, 0.5) is 16.2 Å². The fraction of sp³-hybridized carbons (Fsp3) is 0.0370. The van der Waals surface area contributed by atoms with E-state index in [0.717, 1.165) is 17.0 Å². The standard InChI is InChI=1S/C27H18ClN3O8S/c28-19-12-15(40(30,36)37)6-9-20(19)31(26(29)35)21-3-1-2-18-24(21)25(34)39-27(18)16-7-4-13(32)10-22(16)38-23-11-14(33)5-8-17(23)27/h1-12,32-33H,(H2,29,35)(H2,30,36,37). The summed E-state index contributed by atoms with van der Waals surface area (Å²) in [5, 5.41) is 25.3. The number of halogens is 1. The number of sulfonamides is 1. The molecule has 0 bridgehead atoms. The van der Waals surface area contributed by atoms with Crippen LogP contribution in [0.1, 0.15) is 27.0 Å². The minimum Gasteiger partial charge on any atom is -0.508 e. The molecule has 2 amide bonds. The van der Waals surface area contributed by atoms with Gasteiger partial charge in [0.25, 0.3) is 0 Å². The molecule has 0 aromatic heterocycles. The van der Waals surface area contributed by atoms with Gasteiger partial charge in [0.15, 0.2) is 5.60 Å². The van der Waals surface area contributed by atoms with Crippen LogP contribution in [0.2, 0.25) is 5.02 Å². The van der Waals surface area contributed by atoms with Gasteiger partial charge < -0.3 is 25.4 Å². The number of amides is 2. The predicted octanol–water partition coefficient (Wildman–Crippen LogP) is 4.18. The summed E-state index contributed by atoms with van der Waals surface area (Å²) in [4.78, 5) is 27.1. The van der Waals surface area contributed by atoms with Gasteiger partial charge in [0.1, 0.15) is 23.0 Å². The van der Waals surface area contributed by atoms with Crippen LogP contribution in [0.15, 0.2) is 77.7 Å². The summed E-state index contributed by atoms with van der Waals surface area (Å²) in [5.74, 6) is -0.661. The number of nitrogens with two attached hydrogens (primary N) is 2. The maximum atomic E-state index is 13.7. The second-order valence-electron chi connectivity index (χ2n) is 9.07. The monoisotopic (exact) mass is 579 g/mol. The van der Waals surface area contributed by atoms with E-state index >= 15 is 0 Å². The van der Waals surface area contributed by atoms with Crippen LogP contribution in [-0.4, -0.2) is 30.6 Å². The lowest BCUT2D eigenvalue weighted by Gasteiger charge is -2.36. The summed E-state index contributed by atoms with van der Waals surface area (Å²) in [5.41, 5.74) is 5.24. The van der Waals surface area contributed by atoms with Crippen LogP contribution in [-0.2, 0) is 20.4 Å². The molecule has 0 atom stereocenters. The number of aromatic hydroxyl groups is 2. The van der Waals surface area contributed by atoms with Crippen molar-refractivity contribution < 1.29 is 37.7 Å². The number of esters is 1. The molecule has 4 aromatic rings. The first-order valence-corrected chi connectivity index (χ1v) is 13.5. The molecule has 0 aliphatic carbocycles. The van der Waals surface area contributed by atoms with E-state index in [4.69, 9.17) is 31.9 Å². The van der Waals surface area contributed by atoms with E-state index < -0.39 is 27.6 Å². The number of ether oxygens (including phenoxy) is 2. The zero-order valence-electron chi connectivity index (χ0n) is 20.2. The summed E-state index contributed by atoms with van der Waals surface area (Å²) in [7, 11) is -4.09. The molecule has 40 heavy (non-hydrogen) atoms. The van der Waals surface area contributed by atoms with Gasteiger partial charge in [-0.15, -0.1) is 0 Å². The number of primary amides is 1. The number of fused-ring (bicyclic) bond motifs is 6. The predicted molar refractivity (Wildman–Crippen MR) is 143 cm³/mol. The Kier molecular flexibility index (Phi) is 5.49. The third kappa shape index (κ3) is 3.65. The lowest BCUT2D eigenvalue weighted by molar-refractivity contribution is 0.0224. The molecule has 6 N–H and O–H groups in total. The van der Waals surface area contributed by atoms with Gasteiger partial charge in [-0.05, 0) is 48.5 Å². The Labute approximate surface area is 231 Å². The Morgan fingerprint density at radius 2 is 1.50 bits per heavy atom. The summed E-state index contributed by atoms with van der Waals surface area (Å²) >= 11 is 6.37. The first kappa shape index (κ1) is 25.5. The number of urea groups is 1. The second kappa shape index (κ2) is 8.61. The molecule has 0 unspecified atom stereocenters. The van der Waals surface area contributed by atoms with E-state index in [9.17, 15) is 28.2 Å². The van der Waals surface area contributed by atoms with Crippen molar-refractivity contribution >= 4 is 45.0 Å². The fourth-order valence-electron chi connectivity index (χ4n) is 5.13. The number of phenols is 2. The van der Waals surface area contributed by atoms with Crippen molar-refractivity contribution in [2.24, 2.45) is 10.9 Å². The van der Waals surface area contributed by atoms with Crippen molar-refractivity contribution in [2.75, 3.05) is 4.90 Å². The number of rotatable bonds is 3. The summed E-state index contributed by atoms with van der Waals surface area (Å²) in [6.45, 7) is 0. The number of benzene rings is 4. The van der Waals surface area contributed by atoms with Gasteiger partial charge in [0.2, 0.25) is 10.0 Å². The number of nitrogens with zero attached hydrogens (tertiary/aromatic N) is 1. The van der Waals surface area contributed by atoms with E-state index in [0.29, 0.717) is 16.7 Å². The molecule has 4 aromatic carbocycles. The van der Waals surface area contributed by atoms with E-state index in [-0.39, 0.29) is 49.9 Å². The summed E-state index contributed by atoms with van der Waals surface area (Å²) in [6, 6.07) is 15.7. The largest absolute Gasteiger partial charge is 0.508 e. The number of phenolic OH excluding ortho intramolecular Hbond substituents is 2. The second-order valence-corrected chi connectivity index (χ2v) is 11.0. The Morgan fingerprint density at radius 1 is 0.875 bits per heavy atom. The zero-order chi connectivity index (χ0) is 28.6. The molecule has 0 saturated carbocycles. The average Bonchev–Trinajstić information content (AvgIpc) is 3.17. The molecule has 0 saturated heterocycles. The molecule has 202 valence electrons. The molecule has 11 nitrogen and oxygen atoms in total. The molecule has 2 aliphatic rings. The van der Waals surface area contributed by atoms with Gasteiger partial charge in [-0.3, -0.25) is 4.90 Å². The van der Waals surface area contributed by atoms with Crippen LogP contribution in [0.3, 0.4) is 0 Å². The Balaban J connectivity index is 1.62. The van der Waals surface area contributed by atoms with Gasteiger partial charge >= 0.3 is 12.0 Å². The van der Waals surface area contributed by atoms with Crippen LogP contribution in [0, 0.1) is 0 Å². The first-order chi connectivity index (χ1) is 18.9. The highest BCUT2D eigenvalue weighted by Gasteiger charge is 2.55.